The lowest BCUT2D eigenvalue weighted by Gasteiger charge is -2.23. The molecule has 110 valence electrons. The molecule has 6 nitrogen and oxygen atoms in total. The van der Waals surface area contributed by atoms with Crippen LogP contribution in [0.5, 0.6) is 5.75 Å². The molecule has 0 saturated heterocycles. The predicted octanol–water partition coefficient (Wildman–Crippen LogP) is 1.26. The van der Waals surface area contributed by atoms with E-state index in [1.807, 2.05) is 0 Å². The number of hydrogen-bond donors (Lipinski definition) is 2. The number of phosphoric ester groups is 1. The molecule has 2 rings (SSSR count). The second kappa shape index (κ2) is 5.22. The van der Waals surface area contributed by atoms with Crippen LogP contribution in [-0.2, 0) is 11.0 Å². The van der Waals surface area contributed by atoms with Crippen LogP contribution in [0.15, 0.2) is 24.4 Å². The molecule has 0 radical (unpaired) electrons. The van der Waals surface area contributed by atoms with Crippen molar-refractivity contribution in [3.63, 3.8) is 0 Å². The van der Waals surface area contributed by atoms with Crippen molar-refractivity contribution in [1.82, 2.24) is 4.98 Å². The normalized spacial score (nSPS) is 18.1. The first-order valence-corrected chi connectivity index (χ1v) is 7.56. The Labute approximate surface area is 122 Å². The lowest BCUT2D eigenvalue weighted by Crippen LogP contribution is -2.36. The standard InChI is InChI=1S/C13H19N2O4P/c1-15(2,3)8-7-10-9-14-11-5-4-6-12(13(10)11)19-20(16,17)18/h4-6,9,14H,7-8H2,1-3H3,(H-,16,17,18)/i1D3. The third kappa shape index (κ3) is 3.84. The molecule has 0 aliphatic carbocycles. The van der Waals surface area contributed by atoms with Crippen molar-refractivity contribution in [2.45, 2.75) is 6.42 Å². The average molecular weight is 301 g/mol. The van der Waals surface area contributed by atoms with Gasteiger partial charge >= 0.3 is 7.82 Å². The van der Waals surface area contributed by atoms with Crippen molar-refractivity contribution in [2.75, 3.05) is 27.6 Å². The maximum atomic E-state index is 11.0. The van der Waals surface area contributed by atoms with Gasteiger partial charge in [-0.2, -0.15) is 0 Å². The van der Waals surface area contributed by atoms with E-state index in [9.17, 15) is 9.46 Å². The SMILES string of the molecule is [2H]C([2H])([2H])[N+](C)(C)CCc1c[nH]c2cccc(OP(=O)([O-])O)c12. The summed E-state index contributed by atoms with van der Waals surface area (Å²) in [5.74, 6) is 0.0128. The number of aromatic nitrogens is 1. The summed E-state index contributed by atoms with van der Waals surface area (Å²) in [4.78, 5) is 22.9. The Hall–Kier alpha value is -1.33. The lowest BCUT2D eigenvalue weighted by molar-refractivity contribution is -0.870. The summed E-state index contributed by atoms with van der Waals surface area (Å²) in [7, 11) is -1.70. The highest BCUT2D eigenvalue weighted by Gasteiger charge is 2.15. The fraction of sp³-hybridized carbons (Fsp3) is 0.385. The molecule has 0 aliphatic rings. The molecule has 2 N–H and O–H groups in total. The van der Waals surface area contributed by atoms with Crippen molar-refractivity contribution >= 4 is 18.7 Å². The molecule has 0 aliphatic heterocycles. The third-order valence-corrected chi connectivity index (χ3v) is 3.33. The molecule has 20 heavy (non-hydrogen) atoms. The van der Waals surface area contributed by atoms with Crippen LogP contribution in [0, 0.1) is 0 Å². The number of benzene rings is 1. The summed E-state index contributed by atoms with van der Waals surface area (Å²) >= 11 is 0. The van der Waals surface area contributed by atoms with Gasteiger partial charge in [-0.1, -0.05) is 6.07 Å². The number of quaternary nitrogens is 1. The fourth-order valence-electron chi connectivity index (χ4n) is 2.02. The Kier molecular flexibility index (Phi) is 2.96. The van der Waals surface area contributed by atoms with Gasteiger partial charge in [0.25, 0.3) is 0 Å². The van der Waals surface area contributed by atoms with Crippen LogP contribution >= 0.6 is 7.82 Å². The van der Waals surface area contributed by atoms with Gasteiger partial charge in [0.2, 0.25) is 0 Å². The van der Waals surface area contributed by atoms with Crippen LogP contribution < -0.4 is 9.42 Å². The Bertz CT molecular complexity index is 751. The van der Waals surface area contributed by atoms with E-state index in [0.29, 0.717) is 23.9 Å². The first-order chi connectivity index (χ1) is 10.4. The second-order valence-electron chi connectivity index (χ2n) is 5.21. The van der Waals surface area contributed by atoms with Crippen molar-refractivity contribution in [3.8, 4) is 5.75 Å². The van der Waals surface area contributed by atoms with E-state index in [1.165, 1.54) is 6.07 Å². The molecule has 2 aromatic rings. The number of H-pyrrole nitrogens is 1. The van der Waals surface area contributed by atoms with Crippen LogP contribution in [0.4, 0.5) is 0 Å². The van der Waals surface area contributed by atoms with Gasteiger partial charge in [-0.15, -0.1) is 0 Å². The number of hydrogen-bond acceptors (Lipinski definition) is 3. The van der Waals surface area contributed by atoms with Crippen molar-refractivity contribution in [2.24, 2.45) is 0 Å². The van der Waals surface area contributed by atoms with Crippen LogP contribution in [0.2, 0.25) is 0 Å². The van der Waals surface area contributed by atoms with Gasteiger partial charge < -0.3 is 23.8 Å². The molecule has 0 amide bonds. The highest BCUT2D eigenvalue weighted by Crippen LogP contribution is 2.38. The Morgan fingerprint density at radius 1 is 1.55 bits per heavy atom. The smallest absolute Gasteiger partial charge is 0.317 e. The number of nitrogens with zero attached hydrogens (tertiary/aromatic N) is 1. The summed E-state index contributed by atoms with van der Waals surface area (Å²) in [6, 6.07) is 4.77. The summed E-state index contributed by atoms with van der Waals surface area (Å²) in [5, 5.41) is 0.517. The fourth-order valence-corrected chi connectivity index (χ4v) is 2.42. The highest BCUT2D eigenvalue weighted by atomic mass is 31.2. The predicted molar refractivity (Wildman–Crippen MR) is 75.4 cm³/mol. The maximum Gasteiger partial charge on any atom is 0.317 e. The number of aromatic amines is 1. The molecule has 1 heterocycles. The topological polar surface area (TPSA) is 85.4 Å². The molecular weight excluding hydrogens is 279 g/mol. The zero-order chi connectivity index (χ0) is 17.5. The van der Waals surface area contributed by atoms with Gasteiger partial charge in [-0.3, -0.25) is 4.57 Å². The Morgan fingerprint density at radius 3 is 2.95 bits per heavy atom. The zero-order valence-corrected chi connectivity index (χ0v) is 12.2. The molecule has 0 bridgehead atoms. The van der Waals surface area contributed by atoms with Crippen molar-refractivity contribution < 1.29 is 27.5 Å². The van der Waals surface area contributed by atoms with Gasteiger partial charge in [0, 0.05) is 23.5 Å². The number of phosphoric acid groups is 1. The van der Waals surface area contributed by atoms with Gasteiger partial charge in [0.1, 0.15) is 5.75 Å². The minimum Gasteiger partial charge on any atom is -0.746 e. The van der Waals surface area contributed by atoms with Gasteiger partial charge in [0.15, 0.2) is 0 Å². The molecule has 0 fully saturated rings. The highest BCUT2D eigenvalue weighted by molar-refractivity contribution is 7.45. The molecule has 1 atom stereocenters. The molecule has 0 spiro atoms. The average Bonchev–Trinajstić information content (AvgIpc) is 2.77. The molecular formula is C13H19N2O4P. The maximum absolute atomic E-state index is 11.0. The first-order valence-electron chi connectivity index (χ1n) is 7.56. The van der Waals surface area contributed by atoms with Gasteiger partial charge in [-0.25, -0.2) is 0 Å². The minimum atomic E-state index is -4.92. The molecule has 7 heteroatoms. The van der Waals surface area contributed by atoms with E-state index in [1.54, 1.807) is 32.4 Å². The number of nitrogens with one attached hydrogen (secondary N) is 1. The number of fused-ring (bicyclic) bond motifs is 1. The Balaban J connectivity index is 2.34. The largest absolute Gasteiger partial charge is 0.746 e. The van der Waals surface area contributed by atoms with Gasteiger partial charge in [0.05, 0.1) is 31.7 Å². The lowest BCUT2D eigenvalue weighted by atomic mass is 10.1. The van der Waals surface area contributed by atoms with Crippen molar-refractivity contribution in [3.05, 3.63) is 30.0 Å². The minimum absolute atomic E-state index is 0.0128. The van der Waals surface area contributed by atoms with E-state index in [2.05, 4.69) is 9.51 Å². The van der Waals surface area contributed by atoms with E-state index >= 15 is 0 Å². The van der Waals surface area contributed by atoms with E-state index < -0.39 is 14.8 Å². The second-order valence-corrected chi connectivity index (χ2v) is 6.33. The number of rotatable bonds is 5. The zero-order valence-electron chi connectivity index (χ0n) is 14.3. The summed E-state index contributed by atoms with van der Waals surface area (Å²) in [6.45, 7) is -1.83. The Morgan fingerprint density at radius 2 is 2.30 bits per heavy atom. The van der Waals surface area contributed by atoms with E-state index in [0.717, 1.165) is 5.56 Å². The van der Waals surface area contributed by atoms with Crippen LogP contribution in [0.3, 0.4) is 0 Å². The molecule has 0 saturated carbocycles. The third-order valence-electron chi connectivity index (χ3n) is 2.90. The summed E-state index contributed by atoms with van der Waals surface area (Å²) < 4.78 is 38.1. The molecule has 1 aromatic heterocycles. The monoisotopic (exact) mass is 301 g/mol. The molecule has 1 unspecified atom stereocenters. The van der Waals surface area contributed by atoms with E-state index in [4.69, 9.17) is 9.01 Å². The molecule has 1 aromatic carbocycles. The summed E-state index contributed by atoms with van der Waals surface area (Å²) in [6.07, 6.45) is 2.09. The quantitative estimate of drug-likeness (QED) is 0.643. The number of likely N-dealkylation sites (N-methyl/N-ethyl adjacent to an activating group) is 1. The van der Waals surface area contributed by atoms with Crippen LogP contribution in [-0.4, -0.2) is 42.0 Å². The van der Waals surface area contributed by atoms with E-state index in [-0.39, 0.29) is 10.2 Å². The summed E-state index contributed by atoms with van der Waals surface area (Å²) in [5.41, 5.74) is 1.37. The van der Waals surface area contributed by atoms with Crippen LogP contribution in [0.1, 0.15) is 9.68 Å². The van der Waals surface area contributed by atoms with Crippen LogP contribution in [0.25, 0.3) is 10.9 Å². The van der Waals surface area contributed by atoms with Crippen molar-refractivity contribution in [1.29, 1.82) is 0 Å². The first kappa shape index (κ1) is 11.3. The van der Waals surface area contributed by atoms with Gasteiger partial charge in [-0.05, 0) is 17.7 Å².